The van der Waals surface area contributed by atoms with Gasteiger partial charge in [0.2, 0.25) is 0 Å². The number of nitrogens with zero attached hydrogens (tertiary/aromatic N) is 3. The molecule has 0 amide bonds. The van der Waals surface area contributed by atoms with Crippen LogP contribution in [0.3, 0.4) is 0 Å². The van der Waals surface area contributed by atoms with Gasteiger partial charge in [0.25, 0.3) is 0 Å². The molecule has 4 rings (SSSR count). The smallest absolute Gasteiger partial charge is 0.297 e. The number of hydrogen-bond acceptors (Lipinski definition) is 5. The fraction of sp³-hybridized carbons (Fsp3) is 0.182. The Labute approximate surface area is 207 Å². The second kappa shape index (κ2) is 8.99. The Hall–Kier alpha value is -2.40. The van der Waals surface area contributed by atoms with Crippen LogP contribution in [0.5, 0.6) is 0 Å². The van der Waals surface area contributed by atoms with E-state index in [0.717, 1.165) is 6.20 Å². The number of benzene rings is 1. The van der Waals surface area contributed by atoms with E-state index in [0.29, 0.717) is 25.9 Å². The zero-order valence-electron chi connectivity index (χ0n) is 17.7. The second-order valence-electron chi connectivity index (χ2n) is 7.33. The monoisotopic (exact) mass is 545 g/mol. The summed E-state index contributed by atoms with van der Waals surface area (Å²) in [5, 5.41) is 0.528. The normalized spacial score (nSPS) is 12.3. The third-order valence-corrected chi connectivity index (χ3v) is 8.44. The Morgan fingerprint density at radius 2 is 1.79 bits per heavy atom. The Balaban J connectivity index is 1.82. The third kappa shape index (κ3) is 4.72. The summed E-state index contributed by atoms with van der Waals surface area (Å²) in [5.74, 6) is -0.0258. The molecule has 178 valence electrons. The molecule has 0 aliphatic carbocycles. The summed E-state index contributed by atoms with van der Waals surface area (Å²) >= 11 is 13.5. The summed E-state index contributed by atoms with van der Waals surface area (Å²) in [6, 6.07) is 9.54. The van der Waals surface area contributed by atoms with E-state index in [9.17, 15) is 21.6 Å². The molecule has 0 N–H and O–H groups in total. The van der Waals surface area contributed by atoms with E-state index in [1.165, 1.54) is 40.3 Å². The van der Waals surface area contributed by atoms with Crippen LogP contribution in [0, 0.1) is 6.92 Å². The second-order valence-corrected chi connectivity index (χ2v) is 11.4. The first-order valence-corrected chi connectivity index (χ1v) is 13.0. The Morgan fingerprint density at radius 1 is 1.09 bits per heavy atom. The van der Waals surface area contributed by atoms with Gasteiger partial charge in [0.15, 0.2) is 26.4 Å². The molecule has 4 aromatic rings. The summed E-state index contributed by atoms with van der Waals surface area (Å²) in [7, 11) is -3.47. The highest BCUT2D eigenvalue weighted by Crippen LogP contribution is 2.39. The maximum absolute atomic E-state index is 13.5. The summed E-state index contributed by atoms with van der Waals surface area (Å²) in [5.41, 5.74) is 0.313. The van der Waals surface area contributed by atoms with E-state index in [1.54, 1.807) is 32.0 Å². The molecule has 0 atom stereocenters. The van der Waals surface area contributed by atoms with Crippen molar-refractivity contribution >= 4 is 44.4 Å². The van der Waals surface area contributed by atoms with Crippen LogP contribution in [-0.4, -0.2) is 28.7 Å². The summed E-state index contributed by atoms with van der Waals surface area (Å²) < 4.78 is 66.1. The van der Waals surface area contributed by atoms with Gasteiger partial charge in [0, 0.05) is 27.9 Å². The van der Waals surface area contributed by atoms with E-state index in [4.69, 9.17) is 23.2 Å². The van der Waals surface area contributed by atoms with Crippen LogP contribution in [0.2, 0.25) is 10.0 Å². The molecule has 3 heterocycles. The van der Waals surface area contributed by atoms with E-state index in [1.807, 2.05) is 0 Å². The topological polar surface area (TPSA) is 64.8 Å². The van der Waals surface area contributed by atoms with Crippen LogP contribution in [0.1, 0.15) is 18.2 Å². The first-order valence-electron chi connectivity index (χ1n) is 9.82. The van der Waals surface area contributed by atoms with Gasteiger partial charge in [-0.3, -0.25) is 4.57 Å². The lowest BCUT2D eigenvalue weighted by Crippen LogP contribution is -2.08. The predicted molar refractivity (Wildman–Crippen MR) is 128 cm³/mol. The van der Waals surface area contributed by atoms with Gasteiger partial charge in [-0.05, 0) is 48.9 Å². The van der Waals surface area contributed by atoms with Crippen LogP contribution in [0.4, 0.5) is 13.2 Å². The lowest BCUT2D eigenvalue weighted by Gasteiger charge is -2.09. The maximum atomic E-state index is 13.5. The highest BCUT2D eigenvalue weighted by Gasteiger charge is 2.35. The zero-order chi connectivity index (χ0) is 24.8. The fourth-order valence-electron chi connectivity index (χ4n) is 3.32. The lowest BCUT2D eigenvalue weighted by molar-refractivity contribution is -0.140. The molecule has 0 spiro atoms. The molecule has 3 aromatic heterocycles. The molecule has 34 heavy (non-hydrogen) atoms. The quantitative estimate of drug-likeness (QED) is 0.268. The number of sulfone groups is 1. The number of pyridine rings is 1. The molecule has 0 bridgehead atoms. The van der Waals surface area contributed by atoms with Crippen molar-refractivity contribution in [2.24, 2.45) is 0 Å². The van der Waals surface area contributed by atoms with Crippen molar-refractivity contribution in [3.05, 3.63) is 70.1 Å². The van der Waals surface area contributed by atoms with E-state index < -0.39 is 21.7 Å². The van der Waals surface area contributed by atoms with E-state index in [2.05, 4.69) is 9.97 Å². The molecule has 12 heteroatoms. The molecule has 0 saturated carbocycles. The Bertz CT molecular complexity index is 1500. The number of aryl methyl sites for hydroxylation is 1. The van der Waals surface area contributed by atoms with Gasteiger partial charge in [-0.15, -0.1) is 11.3 Å². The molecule has 5 nitrogen and oxygen atoms in total. The van der Waals surface area contributed by atoms with Crippen LogP contribution >= 0.6 is 34.5 Å². The first-order chi connectivity index (χ1) is 15.9. The van der Waals surface area contributed by atoms with Gasteiger partial charge >= 0.3 is 6.18 Å². The molecule has 1 aromatic carbocycles. The van der Waals surface area contributed by atoms with Gasteiger partial charge < -0.3 is 0 Å². The standard InChI is InChI=1S/C22H16Cl2F3N3O2S2/c1-3-34(31,32)21-12(2)8-13(10-28-21)17-6-7-18(33-17)20-29-19(22(25,26)27)11-30(20)16-9-14(23)4-5-15(16)24/h4-11H,3H2,1-2H3. The Kier molecular flexibility index (Phi) is 6.54. The van der Waals surface area contributed by atoms with Gasteiger partial charge in [0.1, 0.15) is 0 Å². The Morgan fingerprint density at radius 3 is 2.44 bits per heavy atom. The van der Waals surface area contributed by atoms with Crippen LogP contribution in [-0.2, 0) is 16.0 Å². The average molecular weight is 546 g/mol. The minimum absolute atomic E-state index is 0.0106. The highest BCUT2D eigenvalue weighted by molar-refractivity contribution is 7.91. The molecular formula is C22H16Cl2F3N3O2S2. The zero-order valence-corrected chi connectivity index (χ0v) is 20.8. The van der Waals surface area contributed by atoms with Gasteiger partial charge in [-0.1, -0.05) is 30.1 Å². The molecule has 0 radical (unpaired) electrons. The van der Waals surface area contributed by atoms with E-state index >= 15 is 0 Å². The van der Waals surface area contributed by atoms with Crippen LogP contribution in [0.15, 0.2) is 53.8 Å². The molecule has 0 aliphatic heterocycles. The van der Waals surface area contributed by atoms with Crippen molar-refractivity contribution in [2.45, 2.75) is 25.0 Å². The van der Waals surface area contributed by atoms with Crippen molar-refractivity contribution in [2.75, 3.05) is 5.75 Å². The number of alkyl halides is 3. The number of rotatable bonds is 5. The minimum Gasteiger partial charge on any atom is -0.297 e. The molecule has 0 fully saturated rings. The summed E-state index contributed by atoms with van der Waals surface area (Å²) in [6.45, 7) is 3.19. The summed E-state index contributed by atoms with van der Waals surface area (Å²) in [6.07, 6.45) is -2.35. The molecule has 0 saturated heterocycles. The fourth-order valence-corrected chi connectivity index (χ4v) is 5.70. The third-order valence-electron chi connectivity index (χ3n) is 4.98. The van der Waals surface area contributed by atoms with Gasteiger partial charge in [0.05, 0.1) is 21.3 Å². The predicted octanol–water partition coefficient (Wildman–Crippen LogP) is 7.09. The first kappa shape index (κ1) is 24.7. The largest absolute Gasteiger partial charge is 0.434 e. The summed E-state index contributed by atoms with van der Waals surface area (Å²) in [4.78, 5) is 9.09. The van der Waals surface area contributed by atoms with Crippen molar-refractivity contribution in [1.29, 1.82) is 0 Å². The van der Waals surface area contributed by atoms with Crippen molar-refractivity contribution < 1.29 is 21.6 Å². The SMILES string of the molecule is CCS(=O)(=O)c1ncc(-c2ccc(-c3nc(C(F)(F)F)cn3-c3cc(Cl)ccc3Cl)s2)cc1C. The van der Waals surface area contributed by atoms with Gasteiger partial charge in [-0.2, -0.15) is 13.2 Å². The van der Waals surface area contributed by atoms with Gasteiger partial charge in [-0.25, -0.2) is 18.4 Å². The maximum Gasteiger partial charge on any atom is 0.434 e. The highest BCUT2D eigenvalue weighted by atomic mass is 35.5. The van der Waals surface area contributed by atoms with Crippen molar-refractivity contribution in [3.8, 4) is 26.8 Å². The molecular weight excluding hydrogens is 530 g/mol. The lowest BCUT2D eigenvalue weighted by atomic mass is 10.2. The van der Waals surface area contributed by atoms with E-state index in [-0.39, 0.29) is 27.3 Å². The van der Waals surface area contributed by atoms with Crippen molar-refractivity contribution in [1.82, 2.24) is 14.5 Å². The molecule has 0 unspecified atom stereocenters. The van der Waals surface area contributed by atoms with Crippen molar-refractivity contribution in [3.63, 3.8) is 0 Å². The number of aromatic nitrogens is 3. The number of thiophene rings is 1. The number of imidazole rings is 1. The minimum atomic E-state index is -4.66. The average Bonchev–Trinajstić information content (AvgIpc) is 3.42. The van der Waals surface area contributed by atoms with Crippen LogP contribution < -0.4 is 0 Å². The number of hydrogen-bond donors (Lipinski definition) is 0. The molecule has 0 aliphatic rings. The number of halogens is 5. The van der Waals surface area contributed by atoms with Crippen LogP contribution in [0.25, 0.3) is 26.8 Å².